The fourth-order valence-corrected chi connectivity index (χ4v) is 4.44. The smallest absolute Gasteiger partial charge is 0.252 e. The second-order valence-corrected chi connectivity index (χ2v) is 8.27. The minimum Gasteiger partial charge on any atom is -0.368 e. The van der Waals surface area contributed by atoms with Gasteiger partial charge in [0.1, 0.15) is 11.9 Å². The maximum absolute atomic E-state index is 13.2. The van der Waals surface area contributed by atoms with Gasteiger partial charge in [-0.15, -0.1) is 0 Å². The van der Waals surface area contributed by atoms with Gasteiger partial charge in [0.05, 0.1) is 11.7 Å². The van der Waals surface area contributed by atoms with Crippen LogP contribution in [0.3, 0.4) is 0 Å². The Balaban J connectivity index is 1.48. The number of likely N-dealkylation sites (tertiary alicyclic amines) is 1. The lowest BCUT2D eigenvalue weighted by atomic mass is 10.1. The van der Waals surface area contributed by atoms with Crippen molar-refractivity contribution < 1.29 is 9.53 Å². The summed E-state index contributed by atoms with van der Waals surface area (Å²) in [5, 5.41) is 3.39. The molecule has 7 heteroatoms. The van der Waals surface area contributed by atoms with E-state index in [0.29, 0.717) is 24.8 Å². The van der Waals surface area contributed by atoms with E-state index in [-0.39, 0.29) is 18.1 Å². The summed E-state index contributed by atoms with van der Waals surface area (Å²) in [6.45, 7) is 1.38. The highest BCUT2D eigenvalue weighted by molar-refractivity contribution is 5.81. The number of ether oxygens (including phenoxy) is 1. The molecule has 2 aromatic heterocycles. The zero-order valence-electron chi connectivity index (χ0n) is 18.0. The van der Waals surface area contributed by atoms with Crippen LogP contribution in [-0.2, 0) is 9.53 Å². The van der Waals surface area contributed by atoms with E-state index in [1.165, 1.54) is 0 Å². The molecule has 3 aromatic rings. The number of hydrogen-bond acceptors (Lipinski definition) is 6. The highest BCUT2D eigenvalue weighted by atomic mass is 16.5. The number of rotatable bonds is 5. The molecule has 0 spiro atoms. The van der Waals surface area contributed by atoms with Gasteiger partial charge in [0, 0.05) is 42.9 Å². The average Bonchev–Trinajstić information content (AvgIpc) is 3.35. The quantitative estimate of drug-likeness (QED) is 0.643. The molecule has 2 atom stereocenters. The lowest BCUT2D eigenvalue weighted by Crippen LogP contribution is -2.41. The Bertz CT molecular complexity index is 1050. The van der Waals surface area contributed by atoms with Gasteiger partial charge in [0.15, 0.2) is 5.82 Å². The van der Waals surface area contributed by atoms with Crippen molar-refractivity contribution in [2.75, 3.05) is 18.5 Å². The van der Waals surface area contributed by atoms with Crippen molar-refractivity contribution in [3.05, 3.63) is 66.7 Å². The van der Waals surface area contributed by atoms with Gasteiger partial charge in [-0.25, -0.2) is 9.97 Å². The lowest BCUT2D eigenvalue weighted by Gasteiger charge is -2.30. The number of anilines is 2. The first-order valence-electron chi connectivity index (χ1n) is 11.3. The van der Waals surface area contributed by atoms with Crippen molar-refractivity contribution in [3.63, 3.8) is 0 Å². The second kappa shape index (κ2) is 9.44. The van der Waals surface area contributed by atoms with Gasteiger partial charge in [-0.1, -0.05) is 18.2 Å². The predicted octanol–water partition coefficient (Wildman–Crippen LogP) is 4.51. The minimum atomic E-state index is -0.338. The highest BCUT2D eigenvalue weighted by Gasteiger charge is 2.36. The molecule has 4 heterocycles. The first-order valence-corrected chi connectivity index (χ1v) is 11.3. The molecular formula is C25H27N5O2. The number of benzene rings is 1. The summed E-state index contributed by atoms with van der Waals surface area (Å²) < 4.78 is 5.78. The molecule has 2 aliphatic heterocycles. The van der Waals surface area contributed by atoms with Crippen LogP contribution in [0, 0.1) is 0 Å². The first-order chi connectivity index (χ1) is 15.8. The number of nitrogens with zero attached hydrogens (tertiary/aromatic N) is 4. The largest absolute Gasteiger partial charge is 0.368 e. The van der Waals surface area contributed by atoms with Crippen LogP contribution in [0.1, 0.15) is 44.0 Å². The molecule has 2 fully saturated rings. The monoisotopic (exact) mass is 429 g/mol. The van der Waals surface area contributed by atoms with E-state index in [2.05, 4.69) is 10.3 Å². The van der Waals surface area contributed by atoms with Crippen molar-refractivity contribution >= 4 is 17.4 Å². The number of pyridine rings is 1. The van der Waals surface area contributed by atoms with Crippen LogP contribution in [0.4, 0.5) is 11.5 Å². The van der Waals surface area contributed by atoms with Crippen LogP contribution in [0.25, 0.3) is 11.3 Å². The van der Waals surface area contributed by atoms with Crippen molar-refractivity contribution in [1.82, 2.24) is 19.9 Å². The summed E-state index contributed by atoms with van der Waals surface area (Å²) in [5.41, 5.74) is 2.73. The van der Waals surface area contributed by atoms with E-state index in [1.807, 2.05) is 53.4 Å². The molecule has 2 aliphatic rings. The maximum Gasteiger partial charge on any atom is 0.252 e. The predicted molar refractivity (Wildman–Crippen MR) is 122 cm³/mol. The van der Waals surface area contributed by atoms with Crippen LogP contribution < -0.4 is 5.32 Å². The van der Waals surface area contributed by atoms with Gasteiger partial charge in [0.25, 0.3) is 5.91 Å². The maximum atomic E-state index is 13.2. The van der Waals surface area contributed by atoms with E-state index in [1.54, 1.807) is 12.4 Å². The minimum absolute atomic E-state index is 0.0719. The van der Waals surface area contributed by atoms with Gasteiger partial charge < -0.3 is 15.0 Å². The summed E-state index contributed by atoms with van der Waals surface area (Å²) in [7, 11) is 0. The van der Waals surface area contributed by atoms with Crippen molar-refractivity contribution in [1.29, 1.82) is 0 Å². The fourth-order valence-electron chi connectivity index (χ4n) is 4.44. The van der Waals surface area contributed by atoms with E-state index < -0.39 is 0 Å². The first kappa shape index (κ1) is 20.6. The average molecular weight is 430 g/mol. The molecule has 0 aliphatic carbocycles. The normalized spacial score (nSPS) is 20.8. The Morgan fingerprint density at radius 3 is 2.62 bits per heavy atom. The Kier molecular flexibility index (Phi) is 6.07. The molecule has 32 heavy (non-hydrogen) atoms. The van der Waals surface area contributed by atoms with Gasteiger partial charge in [-0.05, 0) is 56.4 Å². The Morgan fingerprint density at radius 2 is 1.84 bits per heavy atom. The number of nitrogens with one attached hydrogen (secondary N) is 1. The van der Waals surface area contributed by atoms with E-state index >= 15 is 0 Å². The third-order valence-electron chi connectivity index (χ3n) is 6.05. The molecule has 164 valence electrons. The standard InChI is InChI=1S/C25H27N5O2/c31-25(22-10-4-5-16-32-22)30-15-6-9-21(30)24-28-20(18-11-13-26-14-12-18)17-23(29-24)27-19-7-2-1-3-8-19/h1-3,7-8,11-14,17,21-22H,4-6,9-10,15-16H2,(H,27,28,29). The van der Waals surface area contributed by atoms with E-state index in [4.69, 9.17) is 14.7 Å². The highest BCUT2D eigenvalue weighted by Crippen LogP contribution is 2.34. The summed E-state index contributed by atoms with van der Waals surface area (Å²) in [4.78, 5) is 29.0. The van der Waals surface area contributed by atoms with Gasteiger partial charge in [-0.3, -0.25) is 9.78 Å². The van der Waals surface area contributed by atoms with Crippen molar-refractivity contribution in [2.45, 2.75) is 44.2 Å². The number of carbonyl (C=O) groups is 1. The topological polar surface area (TPSA) is 80.2 Å². The van der Waals surface area contributed by atoms with Crippen LogP contribution >= 0.6 is 0 Å². The third kappa shape index (κ3) is 4.48. The van der Waals surface area contributed by atoms with Crippen molar-refractivity contribution in [3.8, 4) is 11.3 Å². The Hall–Kier alpha value is -3.32. The molecule has 1 N–H and O–H groups in total. The number of hydrogen-bond donors (Lipinski definition) is 1. The number of amides is 1. The molecule has 1 aromatic carbocycles. The Labute approximate surface area is 187 Å². The summed E-state index contributed by atoms with van der Waals surface area (Å²) in [6.07, 6.45) is 7.82. The van der Waals surface area contributed by atoms with Crippen LogP contribution in [0.15, 0.2) is 60.9 Å². The third-order valence-corrected chi connectivity index (χ3v) is 6.05. The van der Waals surface area contributed by atoms with Crippen molar-refractivity contribution in [2.24, 2.45) is 0 Å². The molecule has 2 unspecified atom stereocenters. The molecule has 0 saturated carbocycles. The van der Waals surface area contributed by atoms with E-state index in [0.717, 1.165) is 49.0 Å². The van der Waals surface area contributed by atoms with Crippen LogP contribution in [0.5, 0.6) is 0 Å². The number of aromatic nitrogens is 3. The van der Waals surface area contributed by atoms with Gasteiger partial charge in [0.2, 0.25) is 0 Å². The van der Waals surface area contributed by atoms with Gasteiger partial charge >= 0.3 is 0 Å². The zero-order valence-corrected chi connectivity index (χ0v) is 18.0. The molecule has 2 saturated heterocycles. The summed E-state index contributed by atoms with van der Waals surface area (Å²) >= 11 is 0. The number of para-hydroxylation sites is 1. The molecule has 0 radical (unpaired) electrons. The molecule has 0 bridgehead atoms. The SMILES string of the molecule is O=C(C1CCCCO1)N1CCCC1c1nc(Nc2ccccc2)cc(-c2ccncc2)n1. The number of carbonyl (C=O) groups excluding carboxylic acids is 1. The summed E-state index contributed by atoms with van der Waals surface area (Å²) in [5.74, 6) is 1.45. The molecule has 7 nitrogen and oxygen atoms in total. The fraction of sp³-hybridized carbons (Fsp3) is 0.360. The van der Waals surface area contributed by atoms with E-state index in [9.17, 15) is 4.79 Å². The second-order valence-electron chi connectivity index (χ2n) is 8.27. The van der Waals surface area contributed by atoms with Gasteiger partial charge in [-0.2, -0.15) is 0 Å². The Morgan fingerprint density at radius 1 is 1.00 bits per heavy atom. The summed E-state index contributed by atoms with van der Waals surface area (Å²) in [6, 6.07) is 15.6. The zero-order chi connectivity index (χ0) is 21.8. The molecular weight excluding hydrogens is 402 g/mol. The van der Waals surface area contributed by atoms with Crippen LogP contribution in [-0.4, -0.2) is 45.0 Å². The molecule has 5 rings (SSSR count). The molecule has 1 amide bonds. The van der Waals surface area contributed by atoms with Crippen LogP contribution in [0.2, 0.25) is 0 Å². The lowest BCUT2D eigenvalue weighted by molar-refractivity contribution is -0.147.